The molecule has 0 bridgehead atoms. The maximum absolute atomic E-state index is 12.5. The molecule has 0 spiro atoms. The Kier molecular flexibility index (Phi) is 30.2. The highest BCUT2D eigenvalue weighted by molar-refractivity contribution is 7.46. The minimum atomic E-state index is -4.81. The van der Waals surface area contributed by atoms with Gasteiger partial charge in [0, 0.05) is 31.1 Å². The summed E-state index contributed by atoms with van der Waals surface area (Å²) in [5.74, 6) is -0.743. The summed E-state index contributed by atoms with van der Waals surface area (Å²) >= 11 is 0. The molecule has 55 heavy (non-hydrogen) atoms. The van der Waals surface area contributed by atoms with Gasteiger partial charge in [-0.05, 0) is 31.6 Å². The molecule has 12 heteroatoms. The monoisotopic (exact) mass is 803 g/mol. The number of ketones is 1. The van der Waals surface area contributed by atoms with Gasteiger partial charge in [-0.3, -0.25) is 18.9 Å². The molecule has 0 radical (unpaired) electrons. The SMILES string of the molecule is CCCCC[C@H](O)/C=C/[C@H]1[C@H](O)CC(=O)[C@@H]1CCCCCCC(=O)OC[C@H](COP(=O)(O)O)OC(=O)CCCCCCCCCCCCCCCCC(C)C. The molecule has 4 N–H and O–H groups in total. The normalized spacial score (nSPS) is 18.7. The van der Waals surface area contributed by atoms with E-state index in [2.05, 4.69) is 25.3 Å². The third kappa shape index (κ3) is 29.3. The molecule has 0 aromatic rings. The Morgan fingerprint density at radius 2 is 1.25 bits per heavy atom. The molecule has 0 aromatic carbocycles. The second kappa shape index (κ2) is 32.3. The Bertz CT molecular complexity index is 1070. The summed E-state index contributed by atoms with van der Waals surface area (Å²) in [6.07, 6.45) is 26.9. The standard InChI is InChI=1S/C43H79O11P/c1-4-5-20-26-36(44)30-31-39-38(40(45)32-41(39)46)27-22-18-19-23-28-42(47)52-33-37(34-53-55(49,50)51)54-43(48)29-24-17-15-13-11-9-7-6-8-10-12-14-16-21-25-35(2)3/h30-31,35-39,41,44,46H,4-29,32-34H2,1-3H3,(H2,49,50,51)/b31-30+/t36-,37+,38+,39+,41+/m0/s1. The first-order chi connectivity index (χ1) is 26.3. The minimum absolute atomic E-state index is 0.0454. The first-order valence-corrected chi connectivity index (χ1v) is 23.5. The lowest BCUT2D eigenvalue weighted by molar-refractivity contribution is -0.161. The zero-order chi connectivity index (χ0) is 40.7. The van der Waals surface area contributed by atoms with E-state index in [0.717, 1.165) is 63.7 Å². The third-order valence-corrected chi connectivity index (χ3v) is 11.1. The van der Waals surface area contributed by atoms with Crippen molar-refractivity contribution in [2.24, 2.45) is 17.8 Å². The van der Waals surface area contributed by atoms with Gasteiger partial charge >= 0.3 is 19.8 Å². The second-order valence-corrected chi connectivity index (χ2v) is 17.5. The molecule has 1 aliphatic rings. The van der Waals surface area contributed by atoms with Crippen LogP contribution < -0.4 is 0 Å². The number of ether oxygens (including phenoxy) is 2. The number of unbranched alkanes of at least 4 members (excludes halogenated alkanes) is 18. The first-order valence-electron chi connectivity index (χ1n) is 21.9. The number of aliphatic hydroxyl groups excluding tert-OH is 2. The Balaban J connectivity index is 2.22. The number of hydrogen-bond acceptors (Lipinski definition) is 9. The maximum Gasteiger partial charge on any atom is 0.469 e. The molecule has 0 aromatic heterocycles. The zero-order valence-corrected chi connectivity index (χ0v) is 35.6. The molecular weight excluding hydrogens is 723 g/mol. The molecule has 0 aliphatic heterocycles. The number of hydrogen-bond donors (Lipinski definition) is 4. The lowest BCUT2D eigenvalue weighted by atomic mass is 9.88. The molecule has 11 nitrogen and oxygen atoms in total. The van der Waals surface area contributed by atoms with E-state index in [9.17, 15) is 29.2 Å². The summed E-state index contributed by atoms with van der Waals surface area (Å²) in [5.41, 5.74) is 0. The Morgan fingerprint density at radius 1 is 0.745 bits per heavy atom. The van der Waals surface area contributed by atoms with E-state index in [1.807, 2.05) is 6.08 Å². The van der Waals surface area contributed by atoms with E-state index in [1.165, 1.54) is 70.6 Å². The van der Waals surface area contributed by atoms with Crippen molar-refractivity contribution in [3.8, 4) is 0 Å². The number of Topliss-reactive ketones (excluding diaryl/α,β-unsaturated/α-hetero) is 1. The van der Waals surface area contributed by atoms with Crippen LogP contribution in [0.15, 0.2) is 12.2 Å². The van der Waals surface area contributed by atoms with Crippen LogP contribution in [0.2, 0.25) is 0 Å². The molecule has 1 saturated carbocycles. The molecule has 0 heterocycles. The topological polar surface area (TPSA) is 177 Å². The van der Waals surface area contributed by atoms with E-state index >= 15 is 0 Å². The summed E-state index contributed by atoms with van der Waals surface area (Å²) in [6, 6.07) is 0. The fourth-order valence-electron chi connectivity index (χ4n) is 7.28. The summed E-state index contributed by atoms with van der Waals surface area (Å²) in [6.45, 7) is 5.73. The van der Waals surface area contributed by atoms with Crippen molar-refractivity contribution in [2.45, 2.75) is 212 Å². The van der Waals surface area contributed by atoms with Gasteiger partial charge in [-0.25, -0.2) is 4.57 Å². The van der Waals surface area contributed by atoms with Crippen LogP contribution in [0, 0.1) is 17.8 Å². The number of esters is 2. The molecule has 0 unspecified atom stereocenters. The summed E-state index contributed by atoms with van der Waals surface area (Å²) in [4.78, 5) is 55.6. The number of phosphoric ester groups is 1. The molecule has 1 fully saturated rings. The third-order valence-electron chi connectivity index (χ3n) is 10.6. The van der Waals surface area contributed by atoms with Crippen molar-refractivity contribution in [2.75, 3.05) is 13.2 Å². The van der Waals surface area contributed by atoms with Crippen molar-refractivity contribution in [1.82, 2.24) is 0 Å². The largest absolute Gasteiger partial charge is 0.469 e. The molecule has 1 aliphatic carbocycles. The van der Waals surface area contributed by atoms with Gasteiger partial charge in [-0.2, -0.15) is 0 Å². The van der Waals surface area contributed by atoms with Crippen molar-refractivity contribution in [3.05, 3.63) is 12.2 Å². The molecular formula is C43H79O11P. The summed E-state index contributed by atoms with van der Waals surface area (Å²) in [5, 5.41) is 20.6. The van der Waals surface area contributed by atoms with Crippen LogP contribution in [0.25, 0.3) is 0 Å². The number of aliphatic hydroxyl groups is 2. The first kappa shape index (κ1) is 51.4. The van der Waals surface area contributed by atoms with Gasteiger partial charge in [-0.1, -0.05) is 161 Å². The van der Waals surface area contributed by atoms with Gasteiger partial charge < -0.3 is 29.5 Å². The highest BCUT2D eigenvalue weighted by atomic mass is 31.2. The number of phosphoric acid groups is 1. The number of carbonyl (C=O) groups is 3. The predicted molar refractivity (Wildman–Crippen MR) is 217 cm³/mol. The Labute approximate surface area is 333 Å². The molecule has 0 amide bonds. The van der Waals surface area contributed by atoms with Gasteiger partial charge in [0.05, 0.1) is 18.8 Å². The predicted octanol–water partition coefficient (Wildman–Crippen LogP) is 9.85. The van der Waals surface area contributed by atoms with Crippen LogP contribution in [-0.2, 0) is 32.9 Å². The molecule has 1 rings (SSSR count). The van der Waals surface area contributed by atoms with E-state index < -0.39 is 44.7 Å². The van der Waals surface area contributed by atoms with Gasteiger partial charge in [-0.15, -0.1) is 0 Å². The van der Waals surface area contributed by atoms with E-state index in [4.69, 9.17) is 19.3 Å². The van der Waals surface area contributed by atoms with Crippen molar-refractivity contribution < 1.29 is 52.9 Å². The summed E-state index contributed by atoms with van der Waals surface area (Å²) < 4.78 is 26.4. The maximum atomic E-state index is 12.5. The van der Waals surface area contributed by atoms with Crippen LogP contribution in [0.3, 0.4) is 0 Å². The van der Waals surface area contributed by atoms with Crippen molar-refractivity contribution in [1.29, 1.82) is 0 Å². The number of rotatable bonds is 36. The molecule has 5 atom stereocenters. The van der Waals surface area contributed by atoms with Gasteiger partial charge in [0.15, 0.2) is 6.10 Å². The van der Waals surface area contributed by atoms with E-state index in [1.54, 1.807) is 6.08 Å². The number of carbonyl (C=O) groups excluding carboxylic acids is 3. The van der Waals surface area contributed by atoms with Crippen LogP contribution in [-0.4, -0.2) is 69.2 Å². The zero-order valence-electron chi connectivity index (χ0n) is 34.7. The highest BCUT2D eigenvalue weighted by Gasteiger charge is 2.39. The fourth-order valence-corrected chi connectivity index (χ4v) is 7.64. The quantitative estimate of drug-likeness (QED) is 0.0205. The molecule has 0 saturated heterocycles. The van der Waals surface area contributed by atoms with E-state index in [0.29, 0.717) is 25.7 Å². The smallest absolute Gasteiger partial charge is 0.462 e. The average molecular weight is 803 g/mol. The minimum Gasteiger partial charge on any atom is -0.462 e. The van der Waals surface area contributed by atoms with Crippen LogP contribution >= 0.6 is 7.82 Å². The average Bonchev–Trinajstić information content (AvgIpc) is 3.39. The van der Waals surface area contributed by atoms with Crippen molar-refractivity contribution in [3.63, 3.8) is 0 Å². The van der Waals surface area contributed by atoms with Gasteiger partial charge in [0.25, 0.3) is 0 Å². The van der Waals surface area contributed by atoms with E-state index in [-0.39, 0.29) is 43.5 Å². The fraction of sp³-hybridized carbons (Fsp3) is 0.884. The Hall–Kier alpha value is -1.62. The lowest BCUT2D eigenvalue weighted by Gasteiger charge is -2.18. The second-order valence-electron chi connectivity index (χ2n) is 16.3. The van der Waals surface area contributed by atoms with Crippen LogP contribution in [0.1, 0.15) is 194 Å². The molecule has 322 valence electrons. The lowest BCUT2D eigenvalue weighted by Crippen LogP contribution is -2.29. The van der Waals surface area contributed by atoms with Gasteiger partial charge in [0.1, 0.15) is 12.4 Å². The van der Waals surface area contributed by atoms with Crippen LogP contribution in [0.4, 0.5) is 0 Å². The highest BCUT2D eigenvalue weighted by Crippen LogP contribution is 2.36. The van der Waals surface area contributed by atoms with Crippen molar-refractivity contribution >= 4 is 25.5 Å². The van der Waals surface area contributed by atoms with Gasteiger partial charge in [0.2, 0.25) is 0 Å². The summed E-state index contributed by atoms with van der Waals surface area (Å²) in [7, 11) is -4.81. The Morgan fingerprint density at radius 3 is 1.80 bits per heavy atom. The van der Waals surface area contributed by atoms with Crippen LogP contribution in [0.5, 0.6) is 0 Å².